The smallest absolute Gasteiger partial charge is 0.418 e. The number of carbonyl (C=O) groups excluding carboxylic acids is 1. The van der Waals surface area contributed by atoms with Crippen molar-refractivity contribution in [1.29, 1.82) is 0 Å². The van der Waals surface area contributed by atoms with Crippen LogP contribution < -0.4 is 10.6 Å². The fourth-order valence-electron chi connectivity index (χ4n) is 3.07. The van der Waals surface area contributed by atoms with Crippen molar-refractivity contribution in [2.45, 2.75) is 13.1 Å². The molecule has 0 spiro atoms. The molecule has 0 aliphatic carbocycles. The highest BCUT2D eigenvalue weighted by Crippen LogP contribution is 2.40. The number of aromatic nitrogens is 1. The van der Waals surface area contributed by atoms with Crippen LogP contribution in [0.3, 0.4) is 0 Å². The summed E-state index contributed by atoms with van der Waals surface area (Å²) in [6.07, 6.45) is -2.94. The Morgan fingerprint density at radius 3 is 2.36 bits per heavy atom. The van der Waals surface area contributed by atoms with E-state index in [-0.39, 0.29) is 12.3 Å². The van der Waals surface area contributed by atoms with Crippen LogP contribution in [0.1, 0.15) is 22.8 Å². The number of hydrogen-bond donors (Lipinski definition) is 1. The maximum atomic E-state index is 13.6. The van der Waals surface area contributed by atoms with Gasteiger partial charge in [0.1, 0.15) is 0 Å². The minimum absolute atomic E-state index is 0.0436. The van der Waals surface area contributed by atoms with Crippen LogP contribution in [0.2, 0.25) is 0 Å². The number of nitrogen functional groups attached to an aromatic ring is 1. The molecule has 3 aromatic rings. The van der Waals surface area contributed by atoms with Crippen LogP contribution in [0.4, 0.5) is 24.5 Å². The predicted octanol–water partition coefficient (Wildman–Crippen LogP) is 4.47. The maximum absolute atomic E-state index is 13.6. The molecule has 0 unspecified atom stereocenters. The van der Waals surface area contributed by atoms with Crippen molar-refractivity contribution < 1.29 is 22.7 Å². The molecule has 3 rings (SSSR count). The Morgan fingerprint density at radius 1 is 1.18 bits per heavy atom. The van der Waals surface area contributed by atoms with Gasteiger partial charge in [0.15, 0.2) is 0 Å². The lowest BCUT2D eigenvalue weighted by Gasteiger charge is -2.20. The third kappa shape index (κ3) is 3.49. The van der Waals surface area contributed by atoms with E-state index in [2.05, 4.69) is 0 Å². The predicted molar refractivity (Wildman–Crippen MR) is 103 cm³/mol. The van der Waals surface area contributed by atoms with Gasteiger partial charge >= 0.3 is 12.1 Å². The third-order valence-electron chi connectivity index (χ3n) is 4.40. The van der Waals surface area contributed by atoms with Crippen LogP contribution in [-0.4, -0.2) is 31.2 Å². The molecular formula is C20H20F3N3O2. The number of hydrogen-bond acceptors (Lipinski definition) is 4. The molecule has 0 bridgehead atoms. The fourth-order valence-corrected chi connectivity index (χ4v) is 3.07. The Hall–Kier alpha value is -3.16. The Bertz CT molecular complexity index is 1020. The molecule has 2 N–H and O–H groups in total. The van der Waals surface area contributed by atoms with Crippen LogP contribution in [-0.2, 0) is 10.9 Å². The van der Waals surface area contributed by atoms with Crippen LogP contribution in [0.15, 0.2) is 42.6 Å². The molecule has 0 radical (unpaired) electrons. The van der Waals surface area contributed by atoms with Gasteiger partial charge < -0.3 is 19.9 Å². The van der Waals surface area contributed by atoms with Crippen molar-refractivity contribution in [1.82, 2.24) is 4.57 Å². The standard InChI is InChI=1S/C20H20F3N3O2/c1-4-28-19(27)12-5-7-13(8-6-12)26-11-16(24)14-9-18(25(2)3)15(10-17(14)26)20(21,22)23/h5-11H,4,24H2,1-3H3. The van der Waals surface area contributed by atoms with Crippen molar-refractivity contribution in [3.63, 3.8) is 0 Å². The average molecular weight is 391 g/mol. The summed E-state index contributed by atoms with van der Waals surface area (Å²) >= 11 is 0. The molecule has 0 fully saturated rings. The first-order valence-electron chi connectivity index (χ1n) is 8.60. The molecule has 0 atom stereocenters. The number of nitrogens with zero attached hydrogens (tertiary/aromatic N) is 2. The summed E-state index contributed by atoms with van der Waals surface area (Å²) in [5.41, 5.74) is 7.01. The van der Waals surface area contributed by atoms with Gasteiger partial charge in [-0.1, -0.05) is 0 Å². The van der Waals surface area contributed by atoms with Crippen molar-refractivity contribution in [3.05, 3.63) is 53.7 Å². The zero-order valence-electron chi connectivity index (χ0n) is 15.7. The Kier molecular flexibility index (Phi) is 4.97. The monoisotopic (exact) mass is 391 g/mol. The lowest BCUT2D eigenvalue weighted by Crippen LogP contribution is -2.16. The number of benzene rings is 2. The first-order valence-corrected chi connectivity index (χ1v) is 8.60. The summed E-state index contributed by atoms with van der Waals surface area (Å²) in [5.74, 6) is -0.457. The van der Waals surface area contributed by atoms with Gasteiger partial charge in [0.05, 0.1) is 28.9 Å². The third-order valence-corrected chi connectivity index (χ3v) is 4.40. The minimum Gasteiger partial charge on any atom is -0.462 e. The van der Waals surface area contributed by atoms with Crippen molar-refractivity contribution in [2.24, 2.45) is 0 Å². The molecular weight excluding hydrogens is 371 g/mol. The second-order valence-corrected chi connectivity index (χ2v) is 6.50. The summed E-state index contributed by atoms with van der Waals surface area (Å²) in [6.45, 7) is 1.97. The van der Waals surface area contributed by atoms with Crippen molar-refractivity contribution >= 4 is 28.2 Å². The second kappa shape index (κ2) is 7.10. The first-order chi connectivity index (χ1) is 13.1. The highest BCUT2D eigenvalue weighted by molar-refractivity contribution is 5.97. The summed E-state index contributed by atoms with van der Waals surface area (Å²) in [6, 6.07) is 8.94. The maximum Gasteiger partial charge on any atom is 0.418 e. The van der Waals surface area contributed by atoms with Gasteiger partial charge in [0, 0.05) is 37.1 Å². The molecule has 148 valence electrons. The summed E-state index contributed by atoms with van der Waals surface area (Å²) in [4.78, 5) is 13.2. The molecule has 2 aromatic carbocycles. The van der Waals surface area contributed by atoms with Gasteiger partial charge in [-0.15, -0.1) is 0 Å². The number of nitrogens with two attached hydrogens (primary N) is 1. The molecule has 0 amide bonds. The number of halogens is 3. The van der Waals surface area contributed by atoms with Crippen molar-refractivity contribution in [3.8, 4) is 5.69 Å². The van der Waals surface area contributed by atoms with E-state index in [9.17, 15) is 18.0 Å². The molecule has 5 nitrogen and oxygen atoms in total. The number of rotatable bonds is 4. The number of fused-ring (bicyclic) bond motifs is 1. The summed E-state index contributed by atoms with van der Waals surface area (Å²) in [7, 11) is 3.11. The number of alkyl halides is 3. The fraction of sp³-hybridized carbons (Fsp3) is 0.250. The molecule has 28 heavy (non-hydrogen) atoms. The Labute approximate surface area is 160 Å². The quantitative estimate of drug-likeness (QED) is 0.667. The van der Waals surface area contributed by atoms with Crippen LogP contribution in [0.5, 0.6) is 0 Å². The number of esters is 1. The Morgan fingerprint density at radius 2 is 1.82 bits per heavy atom. The second-order valence-electron chi connectivity index (χ2n) is 6.50. The highest BCUT2D eigenvalue weighted by atomic mass is 19.4. The molecule has 0 aliphatic rings. The molecule has 1 aromatic heterocycles. The molecule has 1 heterocycles. The van der Waals surface area contributed by atoms with Gasteiger partial charge in [-0.25, -0.2) is 4.79 Å². The van der Waals surface area contributed by atoms with E-state index in [1.165, 1.54) is 11.0 Å². The number of anilines is 2. The van der Waals surface area contributed by atoms with Gasteiger partial charge in [0.2, 0.25) is 0 Å². The lowest BCUT2D eigenvalue weighted by molar-refractivity contribution is -0.137. The average Bonchev–Trinajstić information content (AvgIpc) is 2.96. The van der Waals surface area contributed by atoms with E-state index in [1.54, 1.807) is 56.0 Å². The SMILES string of the molecule is CCOC(=O)c1ccc(-n2cc(N)c3cc(N(C)C)c(C(F)(F)F)cc32)cc1. The van der Waals surface area contributed by atoms with Crippen LogP contribution >= 0.6 is 0 Å². The van der Waals surface area contributed by atoms with Crippen LogP contribution in [0, 0.1) is 0 Å². The summed E-state index contributed by atoms with van der Waals surface area (Å²) in [5, 5.41) is 0.520. The Balaban J connectivity index is 2.16. The largest absolute Gasteiger partial charge is 0.462 e. The molecule has 0 saturated carbocycles. The topological polar surface area (TPSA) is 60.5 Å². The number of ether oxygens (including phenoxy) is 1. The zero-order valence-corrected chi connectivity index (χ0v) is 15.7. The van der Waals surface area contributed by atoms with E-state index in [4.69, 9.17) is 10.5 Å². The molecule has 8 heteroatoms. The molecule has 0 saturated heterocycles. The van der Waals surface area contributed by atoms with Gasteiger partial charge in [-0.2, -0.15) is 13.2 Å². The zero-order chi connectivity index (χ0) is 20.6. The van der Waals surface area contributed by atoms with E-state index in [0.717, 1.165) is 6.07 Å². The van der Waals surface area contributed by atoms with E-state index in [0.29, 0.717) is 27.8 Å². The van der Waals surface area contributed by atoms with E-state index >= 15 is 0 Å². The first kappa shape index (κ1) is 19.6. The van der Waals surface area contributed by atoms with Gasteiger partial charge in [-0.05, 0) is 43.3 Å². The number of carbonyl (C=O) groups is 1. The van der Waals surface area contributed by atoms with Crippen molar-refractivity contribution in [2.75, 3.05) is 31.3 Å². The normalized spacial score (nSPS) is 11.6. The van der Waals surface area contributed by atoms with Crippen LogP contribution in [0.25, 0.3) is 16.6 Å². The summed E-state index contributed by atoms with van der Waals surface area (Å²) < 4.78 is 47.2. The minimum atomic E-state index is -4.51. The van der Waals surface area contributed by atoms with E-state index in [1.807, 2.05) is 0 Å². The van der Waals surface area contributed by atoms with Gasteiger partial charge in [0.25, 0.3) is 0 Å². The molecule has 0 aliphatic heterocycles. The highest BCUT2D eigenvalue weighted by Gasteiger charge is 2.35. The van der Waals surface area contributed by atoms with Gasteiger partial charge in [-0.3, -0.25) is 0 Å². The van der Waals surface area contributed by atoms with E-state index < -0.39 is 17.7 Å². The lowest BCUT2D eigenvalue weighted by atomic mass is 10.1.